The SMILES string of the molecule is Clc1ccc(-n2nnnc2SCc2coc(-c3ccccc3)n2)cc1. The molecule has 0 fully saturated rings. The standard InChI is InChI=1S/C17H12ClN5OS/c18-13-6-8-15(9-7-13)23-17(20-21-22-23)25-11-14-10-24-16(19-14)12-4-2-1-3-5-12/h1-10H,11H2. The molecule has 2 aromatic heterocycles. The van der Waals surface area contributed by atoms with Gasteiger partial charge in [-0.05, 0) is 46.8 Å². The van der Waals surface area contributed by atoms with Gasteiger partial charge in [-0.25, -0.2) is 4.98 Å². The summed E-state index contributed by atoms with van der Waals surface area (Å²) in [5.41, 5.74) is 2.63. The zero-order valence-corrected chi connectivity index (χ0v) is 14.5. The van der Waals surface area contributed by atoms with Gasteiger partial charge in [0.2, 0.25) is 11.0 Å². The number of rotatable bonds is 5. The highest BCUT2D eigenvalue weighted by Gasteiger charge is 2.12. The molecule has 124 valence electrons. The van der Waals surface area contributed by atoms with E-state index >= 15 is 0 Å². The molecule has 0 aliphatic rings. The summed E-state index contributed by atoms with van der Waals surface area (Å²) >= 11 is 7.41. The Morgan fingerprint density at radius 3 is 2.64 bits per heavy atom. The van der Waals surface area contributed by atoms with Crippen molar-refractivity contribution in [2.75, 3.05) is 0 Å². The topological polar surface area (TPSA) is 69.6 Å². The number of nitrogens with zero attached hydrogens (tertiary/aromatic N) is 5. The summed E-state index contributed by atoms with van der Waals surface area (Å²) < 4.78 is 7.22. The molecule has 0 spiro atoms. The lowest BCUT2D eigenvalue weighted by Crippen LogP contribution is -1.98. The van der Waals surface area contributed by atoms with E-state index in [-0.39, 0.29) is 0 Å². The number of tetrazole rings is 1. The van der Waals surface area contributed by atoms with E-state index in [1.807, 2.05) is 42.5 Å². The fraction of sp³-hybridized carbons (Fsp3) is 0.0588. The maximum Gasteiger partial charge on any atom is 0.226 e. The average Bonchev–Trinajstić information content (AvgIpc) is 3.31. The molecule has 4 aromatic rings. The molecule has 0 radical (unpaired) electrons. The zero-order valence-electron chi connectivity index (χ0n) is 12.9. The van der Waals surface area contributed by atoms with Gasteiger partial charge in [-0.1, -0.05) is 41.6 Å². The van der Waals surface area contributed by atoms with Crippen LogP contribution in [0.25, 0.3) is 17.1 Å². The first-order valence-electron chi connectivity index (χ1n) is 7.46. The highest BCUT2D eigenvalue weighted by molar-refractivity contribution is 7.98. The first-order chi connectivity index (χ1) is 12.3. The van der Waals surface area contributed by atoms with Crippen LogP contribution in [-0.2, 0) is 5.75 Å². The minimum absolute atomic E-state index is 0.601. The quantitative estimate of drug-likeness (QED) is 0.489. The van der Waals surface area contributed by atoms with Gasteiger partial charge < -0.3 is 4.42 Å². The highest BCUT2D eigenvalue weighted by atomic mass is 35.5. The van der Waals surface area contributed by atoms with E-state index < -0.39 is 0 Å². The zero-order chi connectivity index (χ0) is 17.1. The largest absolute Gasteiger partial charge is 0.444 e. The molecule has 0 saturated heterocycles. The summed E-state index contributed by atoms with van der Waals surface area (Å²) in [5.74, 6) is 1.21. The molecule has 8 heteroatoms. The number of halogens is 1. The number of aromatic nitrogens is 5. The lowest BCUT2D eigenvalue weighted by molar-refractivity contribution is 0.573. The molecule has 0 N–H and O–H groups in total. The van der Waals surface area contributed by atoms with Gasteiger partial charge in [-0.15, -0.1) is 5.10 Å². The molecule has 2 aromatic carbocycles. The Balaban J connectivity index is 1.49. The van der Waals surface area contributed by atoms with Gasteiger partial charge in [0.05, 0.1) is 11.4 Å². The number of hydrogen-bond donors (Lipinski definition) is 0. The van der Waals surface area contributed by atoms with Crippen LogP contribution in [0.15, 0.2) is 70.4 Å². The fourth-order valence-electron chi connectivity index (χ4n) is 2.24. The number of thioether (sulfide) groups is 1. The van der Waals surface area contributed by atoms with Crippen LogP contribution in [-0.4, -0.2) is 25.2 Å². The summed E-state index contributed by atoms with van der Waals surface area (Å²) in [7, 11) is 0. The second-order valence-corrected chi connectivity index (χ2v) is 6.53. The Morgan fingerprint density at radius 1 is 1.04 bits per heavy atom. The van der Waals surface area contributed by atoms with Gasteiger partial charge in [-0.2, -0.15) is 4.68 Å². The average molecular weight is 370 g/mol. The van der Waals surface area contributed by atoms with Crippen LogP contribution in [0.2, 0.25) is 5.02 Å². The van der Waals surface area contributed by atoms with Crippen LogP contribution in [0.5, 0.6) is 0 Å². The first-order valence-corrected chi connectivity index (χ1v) is 8.83. The minimum atomic E-state index is 0.601. The molecule has 0 aliphatic carbocycles. The molecule has 0 unspecified atom stereocenters. The Labute approximate surface area is 152 Å². The number of hydrogen-bond acceptors (Lipinski definition) is 6. The monoisotopic (exact) mass is 369 g/mol. The molecule has 0 amide bonds. The van der Waals surface area contributed by atoms with Crippen molar-refractivity contribution in [2.45, 2.75) is 10.9 Å². The van der Waals surface area contributed by atoms with E-state index in [0.29, 0.717) is 21.8 Å². The van der Waals surface area contributed by atoms with Crippen molar-refractivity contribution in [3.63, 3.8) is 0 Å². The Kier molecular flexibility index (Phi) is 4.49. The van der Waals surface area contributed by atoms with Crippen molar-refractivity contribution in [3.8, 4) is 17.1 Å². The van der Waals surface area contributed by atoms with E-state index in [9.17, 15) is 0 Å². The van der Waals surface area contributed by atoms with Crippen molar-refractivity contribution < 1.29 is 4.42 Å². The second kappa shape index (κ2) is 7.08. The van der Waals surface area contributed by atoms with E-state index in [1.165, 1.54) is 11.8 Å². The normalized spacial score (nSPS) is 10.9. The summed E-state index contributed by atoms with van der Waals surface area (Å²) in [6.45, 7) is 0. The van der Waals surface area contributed by atoms with Gasteiger partial charge in [0.15, 0.2) is 0 Å². The van der Waals surface area contributed by atoms with Crippen LogP contribution in [0.3, 0.4) is 0 Å². The molecular formula is C17H12ClN5OS. The molecule has 6 nitrogen and oxygen atoms in total. The maximum absolute atomic E-state index is 5.92. The van der Waals surface area contributed by atoms with Crippen LogP contribution in [0, 0.1) is 0 Å². The van der Waals surface area contributed by atoms with E-state index in [1.54, 1.807) is 23.1 Å². The molecule has 0 bridgehead atoms. The van der Waals surface area contributed by atoms with E-state index in [2.05, 4.69) is 20.5 Å². The summed E-state index contributed by atoms with van der Waals surface area (Å²) in [6.07, 6.45) is 1.66. The Hall–Kier alpha value is -2.64. The van der Waals surface area contributed by atoms with Gasteiger partial charge in [0, 0.05) is 16.3 Å². The van der Waals surface area contributed by atoms with Crippen LogP contribution >= 0.6 is 23.4 Å². The van der Waals surface area contributed by atoms with Crippen LogP contribution in [0.1, 0.15) is 5.69 Å². The summed E-state index contributed by atoms with van der Waals surface area (Å²) in [5, 5.41) is 13.2. The predicted octanol–water partition coefficient (Wildman–Crippen LogP) is 4.26. The Morgan fingerprint density at radius 2 is 1.84 bits per heavy atom. The third-order valence-corrected chi connectivity index (χ3v) is 4.64. The Bertz CT molecular complexity index is 968. The van der Waals surface area contributed by atoms with Crippen molar-refractivity contribution in [1.82, 2.24) is 25.2 Å². The molecular weight excluding hydrogens is 358 g/mol. The summed E-state index contributed by atoms with van der Waals surface area (Å²) in [4.78, 5) is 4.51. The van der Waals surface area contributed by atoms with Crippen LogP contribution in [0.4, 0.5) is 0 Å². The lowest BCUT2D eigenvalue weighted by Gasteiger charge is -2.03. The van der Waals surface area contributed by atoms with Gasteiger partial charge >= 0.3 is 0 Å². The molecule has 0 atom stereocenters. The lowest BCUT2D eigenvalue weighted by atomic mass is 10.2. The van der Waals surface area contributed by atoms with Gasteiger partial charge in [0.25, 0.3) is 0 Å². The molecule has 0 aliphatic heterocycles. The predicted molar refractivity (Wildman–Crippen MR) is 95.7 cm³/mol. The van der Waals surface area contributed by atoms with Crippen molar-refractivity contribution >= 4 is 23.4 Å². The highest BCUT2D eigenvalue weighted by Crippen LogP contribution is 2.25. The van der Waals surface area contributed by atoms with Crippen molar-refractivity contribution in [2.24, 2.45) is 0 Å². The van der Waals surface area contributed by atoms with E-state index in [4.69, 9.17) is 16.0 Å². The maximum atomic E-state index is 5.92. The molecule has 25 heavy (non-hydrogen) atoms. The third kappa shape index (κ3) is 3.57. The second-order valence-electron chi connectivity index (χ2n) is 5.15. The summed E-state index contributed by atoms with van der Waals surface area (Å²) in [6, 6.07) is 17.1. The van der Waals surface area contributed by atoms with Crippen LogP contribution < -0.4 is 0 Å². The third-order valence-electron chi connectivity index (χ3n) is 3.43. The first kappa shape index (κ1) is 15.9. The molecule has 0 saturated carbocycles. The molecule has 4 rings (SSSR count). The fourth-order valence-corrected chi connectivity index (χ4v) is 3.13. The van der Waals surface area contributed by atoms with Crippen molar-refractivity contribution in [3.05, 3.63) is 71.6 Å². The van der Waals surface area contributed by atoms with Gasteiger partial charge in [0.1, 0.15) is 6.26 Å². The van der Waals surface area contributed by atoms with Crippen molar-refractivity contribution in [1.29, 1.82) is 0 Å². The number of oxazole rings is 1. The smallest absolute Gasteiger partial charge is 0.226 e. The minimum Gasteiger partial charge on any atom is -0.444 e. The van der Waals surface area contributed by atoms with Gasteiger partial charge in [-0.3, -0.25) is 0 Å². The molecule has 2 heterocycles. The van der Waals surface area contributed by atoms with E-state index in [0.717, 1.165) is 16.9 Å². The number of benzene rings is 2.